The summed E-state index contributed by atoms with van der Waals surface area (Å²) in [5.74, 6) is 0.316. The smallest absolute Gasteiger partial charge is 0.312 e. The molecule has 224 valence electrons. The van der Waals surface area contributed by atoms with E-state index < -0.39 is 5.41 Å². The number of carbonyl (C=O) groups is 1. The first-order chi connectivity index (χ1) is 20.7. The van der Waals surface area contributed by atoms with E-state index in [4.69, 9.17) is 14.2 Å². The van der Waals surface area contributed by atoms with Gasteiger partial charge in [-0.25, -0.2) is 4.68 Å². The monoisotopic (exact) mass is 597 g/mol. The summed E-state index contributed by atoms with van der Waals surface area (Å²) >= 11 is 1.71. The Morgan fingerprint density at radius 3 is 2.37 bits per heavy atom. The number of hydrogen-bond donors (Lipinski definition) is 0. The molecule has 0 amide bonds. The van der Waals surface area contributed by atoms with E-state index in [0.717, 1.165) is 56.0 Å². The third kappa shape index (κ3) is 6.50. The van der Waals surface area contributed by atoms with Gasteiger partial charge in [-0.3, -0.25) is 4.79 Å². The standard InChI is InChI=1S/C35H39N3O4S/c1-7-38-30-18-17-29(23(2)33(30)36-37-38)32(35(4,5)34(39)42-21-25-11-9-8-10-12-25)31-19-27(24(3)43-31)22-41-20-26-13-15-28(40-6)16-14-26/h8-19,32H,7,20-22H2,1-6H3/t32-/m1/s1. The van der Waals surface area contributed by atoms with E-state index in [-0.39, 0.29) is 18.5 Å². The minimum absolute atomic E-state index is 0.229. The SMILES string of the molecule is CCn1nnc2c(C)c([C@H](c3cc(COCc4ccc(OC)cc4)c(C)s3)C(C)(C)C(=O)OCc3ccccc3)ccc21. The molecule has 7 nitrogen and oxygen atoms in total. The lowest BCUT2D eigenvalue weighted by atomic mass is 9.72. The quantitative estimate of drug-likeness (QED) is 0.137. The van der Waals surface area contributed by atoms with Crippen LogP contribution in [0.1, 0.15) is 64.3 Å². The molecule has 8 heteroatoms. The molecule has 2 aromatic heterocycles. The maximum Gasteiger partial charge on any atom is 0.312 e. The molecule has 5 rings (SSSR count). The summed E-state index contributed by atoms with van der Waals surface area (Å²) in [4.78, 5) is 16.1. The number of aromatic nitrogens is 3. The summed E-state index contributed by atoms with van der Waals surface area (Å²) in [5, 5.41) is 8.85. The zero-order chi connectivity index (χ0) is 30.6. The summed E-state index contributed by atoms with van der Waals surface area (Å²) in [7, 11) is 1.66. The predicted molar refractivity (Wildman–Crippen MR) is 170 cm³/mol. The Balaban J connectivity index is 1.46. The van der Waals surface area contributed by atoms with Crippen LogP contribution < -0.4 is 4.74 Å². The van der Waals surface area contributed by atoms with Crippen molar-refractivity contribution in [2.24, 2.45) is 5.41 Å². The van der Waals surface area contributed by atoms with Gasteiger partial charge in [0, 0.05) is 22.2 Å². The summed E-state index contributed by atoms with van der Waals surface area (Å²) in [6.45, 7) is 12.1. The topological polar surface area (TPSA) is 75.5 Å². The molecule has 0 fully saturated rings. The Hall–Kier alpha value is -4.01. The minimum atomic E-state index is -0.869. The van der Waals surface area contributed by atoms with E-state index in [1.54, 1.807) is 18.4 Å². The number of nitrogens with zero attached hydrogens (tertiary/aromatic N) is 3. The van der Waals surface area contributed by atoms with Gasteiger partial charge in [-0.1, -0.05) is 53.7 Å². The second kappa shape index (κ2) is 13.1. The molecule has 43 heavy (non-hydrogen) atoms. The van der Waals surface area contributed by atoms with Crippen molar-refractivity contribution in [2.75, 3.05) is 7.11 Å². The molecule has 0 unspecified atom stereocenters. The van der Waals surface area contributed by atoms with Crippen LogP contribution in [0.25, 0.3) is 11.0 Å². The maximum atomic E-state index is 13.8. The summed E-state index contributed by atoms with van der Waals surface area (Å²) in [5.41, 5.74) is 6.20. The molecular weight excluding hydrogens is 558 g/mol. The molecular formula is C35H39N3O4S. The molecule has 0 saturated heterocycles. The number of esters is 1. The fourth-order valence-electron chi connectivity index (χ4n) is 5.49. The Labute approximate surface area is 257 Å². The lowest BCUT2D eigenvalue weighted by Gasteiger charge is -2.33. The van der Waals surface area contributed by atoms with Crippen LogP contribution in [0.15, 0.2) is 72.8 Å². The van der Waals surface area contributed by atoms with Crippen molar-refractivity contribution in [1.82, 2.24) is 15.0 Å². The number of rotatable bonds is 12. The van der Waals surface area contributed by atoms with Crippen molar-refractivity contribution >= 4 is 28.3 Å². The van der Waals surface area contributed by atoms with E-state index in [9.17, 15) is 4.79 Å². The normalized spacial score (nSPS) is 12.4. The van der Waals surface area contributed by atoms with E-state index in [0.29, 0.717) is 13.2 Å². The van der Waals surface area contributed by atoms with Gasteiger partial charge in [0.2, 0.25) is 0 Å². The molecule has 5 aromatic rings. The van der Waals surface area contributed by atoms with Gasteiger partial charge in [0.1, 0.15) is 17.9 Å². The zero-order valence-corrected chi connectivity index (χ0v) is 26.5. The lowest BCUT2D eigenvalue weighted by molar-refractivity contribution is -0.156. The number of fused-ring (bicyclic) bond motifs is 1. The Bertz CT molecular complexity index is 1690. The predicted octanol–water partition coefficient (Wildman–Crippen LogP) is 7.76. The highest BCUT2D eigenvalue weighted by Gasteiger charge is 2.42. The first kappa shape index (κ1) is 30.4. The van der Waals surface area contributed by atoms with Gasteiger partial charge in [-0.15, -0.1) is 16.4 Å². The van der Waals surface area contributed by atoms with Gasteiger partial charge in [-0.2, -0.15) is 0 Å². The fraction of sp³-hybridized carbons (Fsp3) is 0.343. The molecule has 0 radical (unpaired) electrons. The molecule has 0 saturated carbocycles. The molecule has 0 bridgehead atoms. The van der Waals surface area contributed by atoms with Crippen molar-refractivity contribution in [3.8, 4) is 5.75 Å². The Kier molecular flexibility index (Phi) is 9.28. The van der Waals surface area contributed by atoms with Crippen LogP contribution in [-0.4, -0.2) is 28.1 Å². The van der Waals surface area contributed by atoms with E-state index in [1.165, 1.54) is 4.88 Å². The van der Waals surface area contributed by atoms with Crippen LogP contribution >= 0.6 is 11.3 Å². The number of thiophene rings is 1. The van der Waals surface area contributed by atoms with Gasteiger partial charge in [-0.05, 0) is 86.7 Å². The third-order valence-corrected chi connectivity index (χ3v) is 9.22. The van der Waals surface area contributed by atoms with Crippen LogP contribution in [0.2, 0.25) is 0 Å². The van der Waals surface area contributed by atoms with E-state index >= 15 is 0 Å². The van der Waals surface area contributed by atoms with Crippen molar-refractivity contribution in [3.63, 3.8) is 0 Å². The van der Waals surface area contributed by atoms with Crippen LogP contribution in [0.5, 0.6) is 5.75 Å². The van der Waals surface area contributed by atoms with Crippen LogP contribution in [-0.2, 0) is 40.6 Å². The van der Waals surface area contributed by atoms with Gasteiger partial charge in [0.25, 0.3) is 0 Å². The second-order valence-corrected chi connectivity index (χ2v) is 12.6. The second-order valence-electron chi connectivity index (χ2n) is 11.3. The average Bonchev–Trinajstić information content (AvgIpc) is 3.61. The number of methoxy groups -OCH3 is 1. The van der Waals surface area contributed by atoms with Crippen molar-refractivity contribution in [3.05, 3.63) is 110 Å². The molecule has 0 aliphatic carbocycles. The Morgan fingerprint density at radius 1 is 0.953 bits per heavy atom. The number of carbonyl (C=O) groups excluding carboxylic acids is 1. The van der Waals surface area contributed by atoms with Gasteiger partial charge >= 0.3 is 5.97 Å². The summed E-state index contributed by atoms with van der Waals surface area (Å²) < 4.78 is 19.2. The number of aryl methyl sites for hydroxylation is 3. The van der Waals surface area contributed by atoms with Crippen LogP contribution in [0, 0.1) is 19.3 Å². The number of benzene rings is 3. The third-order valence-electron chi connectivity index (χ3n) is 8.06. The largest absolute Gasteiger partial charge is 0.497 e. The molecule has 0 N–H and O–H groups in total. The fourth-order valence-corrected chi connectivity index (χ4v) is 6.83. The first-order valence-electron chi connectivity index (χ1n) is 14.6. The number of hydrogen-bond acceptors (Lipinski definition) is 7. The number of ether oxygens (including phenoxy) is 3. The summed E-state index contributed by atoms with van der Waals surface area (Å²) in [6, 6.07) is 24.1. The molecule has 3 aromatic carbocycles. The zero-order valence-electron chi connectivity index (χ0n) is 25.7. The highest BCUT2D eigenvalue weighted by Crippen LogP contribution is 2.47. The van der Waals surface area contributed by atoms with Gasteiger partial charge < -0.3 is 14.2 Å². The first-order valence-corrected chi connectivity index (χ1v) is 15.4. The molecule has 0 spiro atoms. The highest BCUT2D eigenvalue weighted by atomic mass is 32.1. The molecule has 2 heterocycles. The molecule has 1 atom stereocenters. The van der Waals surface area contributed by atoms with Gasteiger partial charge in [0.15, 0.2) is 0 Å². The van der Waals surface area contributed by atoms with Crippen LogP contribution in [0.3, 0.4) is 0 Å². The van der Waals surface area contributed by atoms with E-state index in [2.05, 4.69) is 49.3 Å². The maximum absolute atomic E-state index is 13.8. The average molecular weight is 598 g/mol. The lowest BCUT2D eigenvalue weighted by Crippen LogP contribution is -2.34. The summed E-state index contributed by atoms with van der Waals surface area (Å²) in [6.07, 6.45) is 0. The highest BCUT2D eigenvalue weighted by molar-refractivity contribution is 7.12. The molecule has 0 aliphatic heterocycles. The van der Waals surface area contributed by atoms with Crippen molar-refractivity contribution < 1.29 is 19.0 Å². The van der Waals surface area contributed by atoms with E-state index in [1.807, 2.05) is 73.1 Å². The van der Waals surface area contributed by atoms with Crippen molar-refractivity contribution in [1.29, 1.82) is 0 Å². The molecule has 0 aliphatic rings. The van der Waals surface area contributed by atoms with Crippen LogP contribution in [0.4, 0.5) is 0 Å². The van der Waals surface area contributed by atoms with Crippen molar-refractivity contribution in [2.45, 2.75) is 66.9 Å². The minimum Gasteiger partial charge on any atom is -0.497 e. The Morgan fingerprint density at radius 2 is 1.67 bits per heavy atom. The van der Waals surface area contributed by atoms with Gasteiger partial charge in [0.05, 0.1) is 31.3 Å².